The molecule has 1 heterocycles. The van der Waals surface area contributed by atoms with Gasteiger partial charge in [-0.2, -0.15) is 0 Å². The van der Waals surface area contributed by atoms with Gasteiger partial charge in [-0.3, -0.25) is 0 Å². The van der Waals surface area contributed by atoms with E-state index >= 15 is 0 Å². The lowest BCUT2D eigenvalue weighted by Gasteiger charge is -2.09. The normalized spacial score (nSPS) is 15.6. The Morgan fingerprint density at radius 2 is 1.94 bits per heavy atom. The predicted octanol–water partition coefficient (Wildman–Crippen LogP) is 5.02. The maximum atomic E-state index is 6.02. The molecule has 1 nitrogen and oxygen atoms in total. The molecule has 2 aromatic carbocycles. The van der Waals surface area contributed by atoms with Crippen LogP contribution in [0.25, 0.3) is 5.57 Å². The van der Waals surface area contributed by atoms with E-state index in [0.717, 1.165) is 16.9 Å². The van der Waals surface area contributed by atoms with Crippen LogP contribution >= 0.6 is 27.5 Å². The van der Waals surface area contributed by atoms with E-state index in [-0.39, 0.29) is 0 Å². The monoisotopic (exact) mass is 320 g/mol. The van der Waals surface area contributed by atoms with Gasteiger partial charge in [0.15, 0.2) is 0 Å². The Morgan fingerprint density at radius 1 is 1.11 bits per heavy atom. The molecule has 0 radical (unpaired) electrons. The number of rotatable bonds is 0. The van der Waals surface area contributed by atoms with Gasteiger partial charge in [-0.15, -0.1) is 0 Å². The molecule has 2 aromatic rings. The fraction of sp³-hybridized carbons (Fsp3) is 0.0667. The zero-order valence-corrected chi connectivity index (χ0v) is 11.8. The molecule has 0 bridgehead atoms. The first-order chi connectivity index (χ1) is 8.79. The van der Waals surface area contributed by atoms with Crippen LogP contribution in [0.2, 0.25) is 5.02 Å². The van der Waals surface area contributed by atoms with Gasteiger partial charge in [0.25, 0.3) is 0 Å². The summed E-state index contributed by atoms with van der Waals surface area (Å²) >= 11 is 9.47. The highest BCUT2D eigenvalue weighted by Gasteiger charge is 2.18. The minimum absolute atomic E-state index is 0.563. The largest absolute Gasteiger partial charge is 0.488 e. The van der Waals surface area contributed by atoms with Crippen molar-refractivity contribution in [1.82, 2.24) is 0 Å². The van der Waals surface area contributed by atoms with Crippen molar-refractivity contribution in [2.75, 3.05) is 0 Å². The molecule has 0 spiro atoms. The fourth-order valence-electron chi connectivity index (χ4n) is 2.17. The predicted molar refractivity (Wildman–Crippen MR) is 78.2 cm³/mol. The van der Waals surface area contributed by atoms with Crippen LogP contribution in [0.5, 0.6) is 5.75 Å². The lowest BCUT2D eigenvalue weighted by Crippen LogP contribution is -1.94. The van der Waals surface area contributed by atoms with E-state index in [9.17, 15) is 0 Å². The molecule has 0 aliphatic carbocycles. The molecule has 1 aliphatic rings. The SMILES string of the molecule is Clc1ccc2c(c1)OCc1ccccc1/C2=C/Br. The molecule has 0 saturated carbocycles. The van der Waals surface area contributed by atoms with Gasteiger partial charge in [0.1, 0.15) is 12.4 Å². The van der Waals surface area contributed by atoms with Gasteiger partial charge in [-0.05, 0) is 39.9 Å². The summed E-state index contributed by atoms with van der Waals surface area (Å²) in [5.41, 5.74) is 4.54. The van der Waals surface area contributed by atoms with Gasteiger partial charge < -0.3 is 4.74 Å². The van der Waals surface area contributed by atoms with Crippen LogP contribution in [0.1, 0.15) is 16.7 Å². The average Bonchev–Trinajstić information content (AvgIpc) is 2.55. The molecular weight excluding hydrogens is 312 g/mol. The van der Waals surface area contributed by atoms with Gasteiger partial charge >= 0.3 is 0 Å². The van der Waals surface area contributed by atoms with Gasteiger partial charge in [-0.1, -0.05) is 51.8 Å². The third-order valence-electron chi connectivity index (χ3n) is 3.03. The Labute approximate surface area is 119 Å². The molecule has 3 heteroatoms. The molecule has 0 amide bonds. The van der Waals surface area contributed by atoms with Crippen LogP contribution in [-0.4, -0.2) is 0 Å². The highest BCUT2D eigenvalue weighted by atomic mass is 79.9. The maximum Gasteiger partial charge on any atom is 0.129 e. The first-order valence-electron chi connectivity index (χ1n) is 5.61. The zero-order chi connectivity index (χ0) is 12.5. The Bertz CT molecular complexity index is 634. The fourth-order valence-corrected chi connectivity index (χ4v) is 2.82. The number of hydrogen-bond donors (Lipinski definition) is 0. The van der Waals surface area contributed by atoms with Gasteiger partial charge in [0.05, 0.1) is 0 Å². The van der Waals surface area contributed by atoms with Crippen LogP contribution in [-0.2, 0) is 6.61 Å². The third-order valence-corrected chi connectivity index (χ3v) is 3.73. The second kappa shape index (κ2) is 4.79. The van der Waals surface area contributed by atoms with Crippen LogP contribution in [0, 0.1) is 0 Å². The molecule has 0 atom stereocenters. The van der Waals surface area contributed by atoms with E-state index < -0.39 is 0 Å². The molecule has 0 N–H and O–H groups in total. The summed E-state index contributed by atoms with van der Waals surface area (Å²) in [5.74, 6) is 0.824. The van der Waals surface area contributed by atoms with Crippen LogP contribution in [0.4, 0.5) is 0 Å². The molecule has 0 fully saturated rings. The quantitative estimate of drug-likeness (QED) is 0.662. The van der Waals surface area contributed by atoms with E-state index in [1.165, 1.54) is 11.1 Å². The molecular formula is C15H10BrClO. The summed E-state index contributed by atoms with van der Waals surface area (Å²) in [6, 6.07) is 14.0. The van der Waals surface area contributed by atoms with Crippen molar-refractivity contribution in [2.45, 2.75) is 6.61 Å². The summed E-state index contributed by atoms with van der Waals surface area (Å²) in [4.78, 5) is 1.94. The zero-order valence-electron chi connectivity index (χ0n) is 9.49. The average molecular weight is 322 g/mol. The van der Waals surface area contributed by atoms with Crippen molar-refractivity contribution < 1.29 is 4.74 Å². The van der Waals surface area contributed by atoms with Crippen molar-refractivity contribution >= 4 is 33.1 Å². The summed E-state index contributed by atoms with van der Waals surface area (Å²) in [5, 5.41) is 0.689. The first kappa shape index (κ1) is 11.8. The lowest BCUT2D eigenvalue weighted by atomic mass is 9.96. The van der Waals surface area contributed by atoms with E-state index in [4.69, 9.17) is 16.3 Å². The minimum Gasteiger partial charge on any atom is -0.488 e. The number of halogens is 2. The number of fused-ring (bicyclic) bond motifs is 2. The highest BCUT2D eigenvalue weighted by molar-refractivity contribution is 9.11. The standard InChI is InChI=1S/C15H10BrClO/c16-8-14-12-4-2-1-3-10(12)9-18-15-7-11(17)5-6-13(14)15/h1-8H,9H2/b14-8-. The Balaban J connectivity index is 2.25. The smallest absolute Gasteiger partial charge is 0.129 e. The van der Waals surface area contributed by atoms with Crippen molar-refractivity contribution in [3.8, 4) is 5.75 Å². The van der Waals surface area contributed by atoms with Crippen LogP contribution in [0.3, 0.4) is 0 Å². The number of hydrogen-bond acceptors (Lipinski definition) is 1. The minimum atomic E-state index is 0.563. The van der Waals surface area contributed by atoms with Crippen molar-refractivity contribution in [3.05, 3.63) is 69.2 Å². The molecule has 90 valence electrons. The molecule has 0 saturated heterocycles. The Kier molecular flexibility index (Phi) is 3.14. The molecule has 0 aromatic heterocycles. The molecule has 18 heavy (non-hydrogen) atoms. The Morgan fingerprint density at radius 3 is 2.78 bits per heavy atom. The van der Waals surface area contributed by atoms with Gasteiger partial charge in [-0.25, -0.2) is 0 Å². The number of benzene rings is 2. The van der Waals surface area contributed by atoms with Gasteiger partial charge in [0, 0.05) is 10.6 Å². The first-order valence-corrected chi connectivity index (χ1v) is 6.90. The third kappa shape index (κ3) is 1.96. The summed E-state index contributed by atoms with van der Waals surface area (Å²) < 4.78 is 5.84. The van der Waals surface area contributed by atoms with Crippen molar-refractivity contribution in [3.63, 3.8) is 0 Å². The van der Waals surface area contributed by atoms with Crippen LogP contribution in [0.15, 0.2) is 47.4 Å². The summed E-state index contributed by atoms with van der Waals surface area (Å²) in [7, 11) is 0. The lowest BCUT2D eigenvalue weighted by molar-refractivity contribution is 0.307. The van der Waals surface area contributed by atoms with Crippen molar-refractivity contribution in [1.29, 1.82) is 0 Å². The molecule has 0 unspecified atom stereocenters. The topological polar surface area (TPSA) is 9.23 Å². The number of ether oxygens (including phenoxy) is 1. The van der Waals surface area contributed by atoms with E-state index in [1.54, 1.807) is 0 Å². The highest BCUT2D eigenvalue weighted by Crippen LogP contribution is 2.38. The summed E-state index contributed by atoms with van der Waals surface area (Å²) in [6.45, 7) is 0.563. The maximum absolute atomic E-state index is 6.02. The molecule has 1 aliphatic heterocycles. The Hall–Kier alpha value is -1.25. The molecule has 3 rings (SSSR count). The van der Waals surface area contributed by atoms with Crippen LogP contribution < -0.4 is 4.74 Å². The van der Waals surface area contributed by atoms with Crippen molar-refractivity contribution in [2.24, 2.45) is 0 Å². The van der Waals surface area contributed by atoms with E-state index in [1.807, 2.05) is 35.3 Å². The second-order valence-electron chi connectivity index (χ2n) is 4.11. The van der Waals surface area contributed by atoms with E-state index in [0.29, 0.717) is 11.6 Å². The summed E-state index contributed by atoms with van der Waals surface area (Å²) in [6.07, 6.45) is 0. The second-order valence-corrected chi connectivity index (χ2v) is 5.00. The van der Waals surface area contributed by atoms with Gasteiger partial charge in [0.2, 0.25) is 0 Å². The van der Waals surface area contributed by atoms with E-state index in [2.05, 4.69) is 28.1 Å².